The van der Waals surface area contributed by atoms with E-state index in [0.29, 0.717) is 23.8 Å². The number of hydrogen-bond acceptors (Lipinski definition) is 6. The number of carbonyl (C=O) groups is 1. The SMILES string of the molecule is CCn1c(SCC(=O)N2CCCc3ccccc32)nnc1-c1cc(OC)cc(OC)c1. The maximum Gasteiger partial charge on any atom is 0.237 e. The minimum Gasteiger partial charge on any atom is -0.497 e. The lowest BCUT2D eigenvalue weighted by Crippen LogP contribution is -2.36. The summed E-state index contributed by atoms with van der Waals surface area (Å²) in [5.74, 6) is 2.50. The molecule has 2 aromatic carbocycles. The lowest BCUT2D eigenvalue weighted by atomic mass is 10.0. The van der Waals surface area contributed by atoms with Crippen molar-refractivity contribution in [3.05, 3.63) is 48.0 Å². The molecule has 1 amide bonds. The maximum atomic E-state index is 13.0. The standard InChI is InChI=1S/C23H26N4O3S/c1-4-26-22(17-12-18(29-2)14-19(13-17)30-3)24-25-23(26)31-15-21(28)27-11-7-9-16-8-5-6-10-20(16)27/h5-6,8,10,12-14H,4,7,9,11,15H2,1-3H3. The fourth-order valence-corrected chi connectivity index (χ4v) is 4.71. The average molecular weight is 439 g/mol. The Hall–Kier alpha value is -3.00. The number of aryl methyl sites for hydroxylation is 1. The number of aromatic nitrogens is 3. The van der Waals surface area contributed by atoms with Crippen LogP contribution in [0.1, 0.15) is 18.9 Å². The molecule has 162 valence electrons. The van der Waals surface area contributed by atoms with Gasteiger partial charge in [-0.05, 0) is 43.5 Å². The Morgan fingerprint density at radius 3 is 2.55 bits per heavy atom. The maximum absolute atomic E-state index is 13.0. The number of rotatable bonds is 7. The van der Waals surface area contributed by atoms with Gasteiger partial charge in [0.2, 0.25) is 5.91 Å². The van der Waals surface area contributed by atoms with Crippen LogP contribution < -0.4 is 14.4 Å². The molecule has 4 rings (SSSR count). The van der Waals surface area contributed by atoms with Gasteiger partial charge in [0.1, 0.15) is 11.5 Å². The molecule has 0 aliphatic carbocycles. The third-order valence-electron chi connectivity index (χ3n) is 5.38. The van der Waals surface area contributed by atoms with Gasteiger partial charge in [-0.15, -0.1) is 10.2 Å². The van der Waals surface area contributed by atoms with Crippen LogP contribution in [0.2, 0.25) is 0 Å². The van der Waals surface area contributed by atoms with E-state index in [0.717, 1.165) is 41.6 Å². The quantitative estimate of drug-likeness (QED) is 0.518. The first kappa shape index (κ1) is 21.2. The van der Waals surface area contributed by atoms with Gasteiger partial charge in [-0.25, -0.2) is 0 Å². The summed E-state index contributed by atoms with van der Waals surface area (Å²) in [5.41, 5.74) is 3.12. The van der Waals surface area contributed by atoms with Gasteiger partial charge in [-0.2, -0.15) is 0 Å². The van der Waals surface area contributed by atoms with Crippen LogP contribution in [0.25, 0.3) is 11.4 Å². The summed E-state index contributed by atoms with van der Waals surface area (Å²) in [5, 5.41) is 9.47. The van der Waals surface area contributed by atoms with Gasteiger partial charge in [0, 0.05) is 30.4 Å². The van der Waals surface area contributed by atoms with Crippen LogP contribution >= 0.6 is 11.8 Å². The average Bonchev–Trinajstić information content (AvgIpc) is 3.24. The van der Waals surface area contributed by atoms with Gasteiger partial charge in [0.15, 0.2) is 11.0 Å². The number of thioether (sulfide) groups is 1. The van der Waals surface area contributed by atoms with E-state index in [1.54, 1.807) is 14.2 Å². The van der Waals surface area contributed by atoms with Crippen LogP contribution in [0, 0.1) is 0 Å². The monoisotopic (exact) mass is 438 g/mol. The van der Waals surface area contributed by atoms with E-state index in [-0.39, 0.29) is 5.91 Å². The minimum atomic E-state index is 0.0902. The molecule has 1 aliphatic rings. The lowest BCUT2D eigenvalue weighted by molar-refractivity contribution is -0.116. The molecule has 0 N–H and O–H groups in total. The minimum absolute atomic E-state index is 0.0902. The fourth-order valence-electron chi connectivity index (χ4n) is 3.83. The summed E-state index contributed by atoms with van der Waals surface area (Å²) >= 11 is 1.42. The molecule has 2 heterocycles. The Kier molecular flexibility index (Phi) is 6.46. The first-order valence-corrected chi connectivity index (χ1v) is 11.3. The largest absolute Gasteiger partial charge is 0.497 e. The highest BCUT2D eigenvalue weighted by Gasteiger charge is 2.23. The van der Waals surface area contributed by atoms with E-state index in [1.807, 2.05) is 52.8 Å². The number of ether oxygens (including phenoxy) is 2. The molecule has 0 spiro atoms. The first-order valence-electron chi connectivity index (χ1n) is 10.3. The first-order chi connectivity index (χ1) is 15.1. The van der Waals surface area contributed by atoms with Crippen LogP contribution in [0.4, 0.5) is 5.69 Å². The van der Waals surface area contributed by atoms with Crippen LogP contribution in [0.3, 0.4) is 0 Å². The summed E-state index contributed by atoms with van der Waals surface area (Å²) in [6.07, 6.45) is 2.00. The number of methoxy groups -OCH3 is 2. The molecule has 1 aromatic heterocycles. The molecule has 0 saturated heterocycles. The van der Waals surface area contributed by atoms with Crippen molar-refractivity contribution in [1.29, 1.82) is 0 Å². The Balaban J connectivity index is 1.54. The van der Waals surface area contributed by atoms with Crippen LogP contribution in [-0.2, 0) is 17.8 Å². The number of fused-ring (bicyclic) bond motifs is 1. The van der Waals surface area contributed by atoms with E-state index in [2.05, 4.69) is 16.3 Å². The molecule has 0 saturated carbocycles. The van der Waals surface area contributed by atoms with Crippen LogP contribution in [-0.4, -0.2) is 47.2 Å². The lowest BCUT2D eigenvalue weighted by Gasteiger charge is -2.29. The molecule has 0 bridgehead atoms. The predicted octanol–water partition coefficient (Wildman–Crippen LogP) is 4.05. The van der Waals surface area contributed by atoms with Gasteiger partial charge in [0.25, 0.3) is 0 Å². The van der Waals surface area contributed by atoms with Crippen molar-refractivity contribution in [2.45, 2.75) is 31.5 Å². The zero-order valence-electron chi connectivity index (χ0n) is 18.0. The summed E-state index contributed by atoms with van der Waals surface area (Å²) < 4.78 is 12.8. The molecule has 31 heavy (non-hydrogen) atoms. The number of amides is 1. The smallest absolute Gasteiger partial charge is 0.237 e. The van der Waals surface area contributed by atoms with E-state index >= 15 is 0 Å². The van der Waals surface area contributed by atoms with Gasteiger partial charge < -0.3 is 18.9 Å². The molecule has 3 aromatic rings. The second-order valence-corrected chi connectivity index (χ2v) is 8.16. The van der Waals surface area contributed by atoms with E-state index in [9.17, 15) is 4.79 Å². The topological polar surface area (TPSA) is 69.5 Å². The Bertz CT molecular complexity index is 1060. The molecular formula is C23H26N4O3S. The van der Waals surface area contributed by atoms with Gasteiger partial charge in [0.05, 0.1) is 20.0 Å². The number of carbonyl (C=O) groups excluding carboxylic acids is 1. The molecule has 8 heteroatoms. The number of para-hydroxylation sites is 1. The highest BCUT2D eigenvalue weighted by atomic mass is 32.2. The highest BCUT2D eigenvalue weighted by molar-refractivity contribution is 7.99. The third-order valence-corrected chi connectivity index (χ3v) is 6.33. The van der Waals surface area contributed by atoms with E-state index in [1.165, 1.54) is 17.3 Å². The number of nitrogens with zero attached hydrogens (tertiary/aromatic N) is 4. The summed E-state index contributed by atoms with van der Waals surface area (Å²) in [6, 6.07) is 13.8. The molecule has 7 nitrogen and oxygen atoms in total. The van der Waals surface area contributed by atoms with Gasteiger partial charge in [-0.1, -0.05) is 30.0 Å². The van der Waals surface area contributed by atoms with Crippen LogP contribution in [0.5, 0.6) is 11.5 Å². The van der Waals surface area contributed by atoms with Crippen molar-refractivity contribution in [3.8, 4) is 22.9 Å². The Morgan fingerprint density at radius 1 is 1.10 bits per heavy atom. The second-order valence-electron chi connectivity index (χ2n) is 7.22. The molecule has 0 unspecified atom stereocenters. The van der Waals surface area contributed by atoms with Crippen molar-refractivity contribution in [2.75, 3.05) is 31.4 Å². The summed E-state index contributed by atoms with van der Waals surface area (Å²) in [7, 11) is 3.24. The van der Waals surface area contributed by atoms with Crippen molar-refractivity contribution in [1.82, 2.24) is 14.8 Å². The number of anilines is 1. The molecule has 0 fully saturated rings. The molecule has 0 radical (unpaired) electrons. The highest BCUT2D eigenvalue weighted by Crippen LogP contribution is 2.32. The Morgan fingerprint density at radius 2 is 1.84 bits per heavy atom. The molecular weight excluding hydrogens is 412 g/mol. The van der Waals surface area contributed by atoms with Gasteiger partial charge >= 0.3 is 0 Å². The second kappa shape index (κ2) is 9.43. The normalized spacial score (nSPS) is 13.1. The van der Waals surface area contributed by atoms with Crippen LogP contribution in [0.15, 0.2) is 47.6 Å². The van der Waals surface area contributed by atoms with E-state index in [4.69, 9.17) is 9.47 Å². The van der Waals surface area contributed by atoms with Crippen molar-refractivity contribution < 1.29 is 14.3 Å². The third kappa shape index (κ3) is 4.39. The van der Waals surface area contributed by atoms with Gasteiger partial charge in [-0.3, -0.25) is 4.79 Å². The summed E-state index contributed by atoms with van der Waals surface area (Å²) in [6.45, 7) is 3.48. The van der Waals surface area contributed by atoms with Crippen molar-refractivity contribution >= 4 is 23.4 Å². The molecule has 1 aliphatic heterocycles. The number of benzene rings is 2. The van der Waals surface area contributed by atoms with Crippen molar-refractivity contribution in [2.24, 2.45) is 0 Å². The Labute approximate surface area is 186 Å². The predicted molar refractivity (Wildman–Crippen MR) is 122 cm³/mol. The fraction of sp³-hybridized carbons (Fsp3) is 0.348. The van der Waals surface area contributed by atoms with E-state index < -0.39 is 0 Å². The number of hydrogen-bond donors (Lipinski definition) is 0. The zero-order valence-corrected chi connectivity index (χ0v) is 18.8. The molecule has 0 atom stereocenters. The van der Waals surface area contributed by atoms with Crippen molar-refractivity contribution in [3.63, 3.8) is 0 Å². The summed E-state index contributed by atoms with van der Waals surface area (Å²) in [4.78, 5) is 14.9. The zero-order chi connectivity index (χ0) is 21.8.